The van der Waals surface area contributed by atoms with Gasteiger partial charge in [0.05, 0.1) is 6.61 Å². The van der Waals surface area contributed by atoms with E-state index in [1.54, 1.807) is 6.07 Å². The molecule has 0 aliphatic carbocycles. The van der Waals surface area contributed by atoms with E-state index in [9.17, 15) is 5.11 Å². The molecule has 2 rings (SSSR count). The van der Waals surface area contributed by atoms with Gasteiger partial charge in [-0.25, -0.2) is 0 Å². The van der Waals surface area contributed by atoms with Crippen molar-refractivity contribution in [2.24, 2.45) is 5.73 Å². The number of hydrogen-bond acceptors (Lipinski definition) is 3. The summed E-state index contributed by atoms with van der Waals surface area (Å²) in [5.74, 6) is 0.704. The van der Waals surface area contributed by atoms with E-state index in [0.29, 0.717) is 17.9 Å². The van der Waals surface area contributed by atoms with Crippen molar-refractivity contribution in [1.29, 1.82) is 5.41 Å². The molecule has 2 aromatic carbocycles. The predicted molar refractivity (Wildman–Crippen MR) is 74.2 cm³/mol. The molecule has 4 N–H and O–H groups in total. The average molecular weight is 256 g/mol. The molecule has 0 atom stereocenters. The molecule has 0 radical (unpaired) electrons. The minimum absolute atomic E-state index is 0.0395. The minimum atomic E-state index is -0.0519. The first-order chi connectivity index (χ1) is 9.20. The van der Waals surface area contributed by atoms with Gasteiger partial charge in [0.25, 0.3) is 0 Å². The van der Waals surface area contributed by atoms with Crippen molar-refractivity contribution in [2.45, 2.75) is 13.2 Å². The van der Waals surface area contributed by atoms with Gasteiger partial charge in [-0.15, -0.1) is 0 Å². The van der Waals surface area contributed by atoms with Crippen molar-refractivity contribution >= 4 is 5.84 Å². The van der Waals surface area contributed by atoms with E-state index in [0.717, 1.165) is 11.1 Å². The van der Waals surface area contributed by atoms with Gasteiger partial charge in [0.15, 0.2) is 0 Å². The molecule has 0 amide bonds. The normalized spacial score (nSPS) is 10.2. The van der Waals surface area contributed by atoms with Crippen LogP contribution in [0.25, 0.3) is 0 Å². The van der Waals surface area contributed by atoms with E-state index in [2.05, 4.69) is 0 Å². The molecule has 0 bridgehead atoms. The molecule has 0 aliphatic rings. The van der Waals surface area contributed by atoms with E-state index in [4.69, 9.17) is 15.9 Å². The second kappa shape index (κ2) is 6.02. The summed E-state index contributed by atoms with van der Waals surface area (Å²) in [4.78, 5) is 0. The molecule has 0 unspecified atom stereocenters. The maximum atomic E-state index is 9.21. The van der Waals surface area contributed by atoms with Crippen molar-refractivity contribution < 1.29 is 9.84 Å². The second-order valence-corrected chi connectivity index (χ2v) is 4.17. The maximum Gasteiger partial charge on any atom is 0.125 e. The number of hydrogen-bond donors (Lipinski definition) is 3. The van der Waals surface area contributed by atoms with Crippen LogP contribution in [0.4, 0.5) is 0 Å². The van der Waals surface area contributed by atoms with Crippen LogP contribution in [0.15, 0.2) is 48.5 Å². The van der Waals surface area contributed by atoms with Gasteiger partial charge in [-0.05, 0) is 17.7 Å². The lowest BCUT2D eigenvalue weighted by Crippen LogP contribution is -2.11. The van der Waals surface area contributed by atoms with Crippen LogP contribution in [0.2, 0.25) is 0 Å². The molecule has 0 fully saturated rings. The molecule has 4 nitrogen and oxygen atoms in total. The standard InChI is InChI=1S/C15H16N2O2/c16-15(17)12-6-3-4-11(8-12)10-19-14-7-2-1-5-13(14)9-18/h1-8,18H,9-10H2,(H3,16,17). The fraction of sp³-hybridized carbons (Fsp3) is 0.133. The molecule has 0 aliphatic heterocycles. The van der Waals surface area contributed by atoms with Gasteiger partial charge in [-0.3, -0.25) is 5.41 Å². The van der Waals surface area contributed by atoms with Crippen LogP contribution >= 0.6 is 0 Å². The van der Waals surface area contributed by atoms with Crippen molar-refractivity contribution in [3.63, 3.8) is 0 Å². The van der Waals surface area contributed by atoms with E-state index in [1.165, 1.54) is 0 Å². The van der Waals surface area contributed by atoms with E-state index in [-0.39, 0.29) is 12.4 Å². The first-order valence-corrected chi connectivity index (χ1v) is 5.95. The summed E-state index contributed by atoms with van der Waals surface area (Å²) in [6.45, 7) is 0.321. The van der Waals surface area contributed by atoms with Crippen molar-refractivity contribution in [1.82, 2.24) is 0 Å². The molecule has 0 saturated carbocycles. The highest BCUT2D eigenvalue weighted by atomic mass is 16.5. The summed E-state index contributed by atoms with van der Waals surface area (Å²) in [5.41, 5.74) is 7.81. The van der Waals surface area contributed by atoms with Crippen LogP contribution < -0.4 is 10.5 Å². The summed E-state index contributed by atoms with van der Waals surface area (Å²) in [7, 11) is 0. The summed E-state index contributed by atoms with van der Waals surface area (Å²) in [6.07, 6.45) is 0. The third kappa shape index (κ3) is 3.33. The Balaban J connectivity index is 2.10. The van der Waals surface area contributed by atoms with Crippen LogP contribution in [-0.4, -0.2) is 10.9 Å². The summed E-state index contributed by atoms with van der Waals surface area (Å²) in [5, 5.41) is 16.6. The van der Waals surface area contributed by atoms with E-state index < -0.39 is 0 Å². The Bertz CT molecular complexity index is 582. The molecule has 0 heterocycles. The van der Waals surface area contributed by atoms with Crippen LogP contribution in [0.3, 0.4) is 0 Å². The van der Waals surface area contributed by atoms with Gasteiger partial charge >= 0.3 is 0 Å². The number of amidine groups is 1. The summed E-state index contributed by atoms with van der Waals surface area (Å²) >= 11 is 0. The van der Waals surface area contributed by atoms with Gasteiger partial charge < -0.3 is 15.6 Å². The highest BCUT2D eigenvalue weighted by molar-refractivity contribution is 5.95. The Morgan fingerprint density at radius 2 is 1.95 bits per heavy atom. The van der Waals surface area contributed by atoms with Crippen molar-refractivity contribution in [3.05, 3.63) is 65.2 Å². The second-order valence-electron chi connectivity index (χ2n) is 4.17. The first-order valence-electron chi connectivity index (χ1n) is 5.95. The van der Waals surface area contributed by atoms with Gasteiger partial charge in [-0.2, -0.15) is 0 Å². The lowest BCUT2D eigenvalue weighted by Gasteiger charge is -2.10. The largest absolute Gasteiger partial charge is 0.489 e. The number of ether oxygens (including phenoxy) is 1. The Hall–Kier alpha value is -2.33. The highest BCUT2D eigenvalue weighted by Crippen LogP contribution is 2.19. The number of rotatable bonds is 5. The SMILES string of the molecule is N=C(N)c1cccc(COc2ccccc2CO)c1. The number of nitrogen functional groups attached to an aromatic ring is 1. The lowest BCUT2D eigenvalue weighted by molar-refractivity contribution is 0.259. The van der Waals surface area contributed by atoms with Crippen molar-refractivity contribution in [3.8, 4) is 5.75 Å². The molecule has 19 heavy (non-hydrogen) atoms. The number of nitrogens with two attached hydrogens (primary N) is 1. The van der Waals surface area contributed by atoms with E-state index in [1.807, 2.05) is 42.5 Å². The molecular formula is C15H16N2O2. The van der Waals surface area contributed by atoms with Crippen LogP contribution in [0.5, 0.6) is 5.75 Å². The monoisotopic (exact) mass is 256 g/mol. The third-order valence-corrected chi connectivity index (χ3v) is 2.78. The average Bonchev–Trinajstić information content (AvgIpc) is 2.45. The van der Waals surface area contributed by atoms with Crippen molar-refractivity contribution in [2.75, 3.05) is 0 Å². The number of aliphatic hydroxyl groups excluding tert-OH is 1. The molecule has 0 saturated heterocycles. The zero-order chi connectivity index (χ0) is 13.7. The van der Waals surface area contributed by atoms with Gasteiger partial charge in [0, 0.05) is 11.1 Å². The van der Waals surface area contributed by atoms with Crippen LogP contribution in [-0.2, 0) is 13.2 Å². The highest BCUT2D eigenvalue weighted by Gasteiger charge is 2.03. The van der Waals surface area contributed by atoms with E-state index >= 15 is 0 Å². The topological polar surface area (TPSA) is 79.3 Å². The third-order valence-electron chi connectivity index (χ3n) is 2.78. The van der Waals surface area contributed by atoms with Gasteiger partial charge in [-0.1, -0.05) is 36.4 Å². The molecule has 0 aromatic heterocycles. The molecule has 2 aromatic rings. The Morgan fingerprint density at radius 3 is 2.68 bits per heavy atom. The van der Waals surface area contributed by atoms with Crippen LogP contribution in [0.1, 0.15) is 16.7 Å². The Morgan fingerprint density at radius 1 is 1.16 bits per heavy atom. The smallest absolute Gasteiger partial charge is 0.125 e. The number of aliphatic hydroxyl groups is 1. The summed E-state index contributed by atoms with van der Waals surface area (Å²) < 4.78 is 5.68. The zero-order valence-electron chi connectivity index (χ0n) is 10.5. The lowest BCUT2D eigenvalue weighted by atomic mass is 10.1. The molecule has 98 valence electrons. The predicted octanol–water partition coefficient (Wildman–Crippen LogP) is 2.04. The molecule has 0 spiro atoms. The maximum absolute atomic E-state index is 9.21. The Labute approximate surface area is 112 Å². The number of nitrogens with one attached hydrogen (secondary N) is 1. The van der Waals surface area contributed by atoms with Gasteiger partial charge in [0.1, 0.15) is 18.2 Å². The fourth-order valence-electron chi connectivity index (χ4n) is 1.76. The fourth-order valence-corrected chi connectivity index (χ4v) is 1.76. The van der Waals surface area contributed by atoms with Crippen LogP contribution in [0, 0.1) is 5.41 Å². The number of para-hydroxylation sites is 1. The van der Waals surface area contributed by atoms with Gasteiger partial charge in [0.2, 0.25) is 0 Å². The molecule has 4 heteroatoms. The Kier molecular flexibility index (Phi) is 4.15. The summed E-state index contributed by atoms with van der Waals surface area (Å²) in [6, 6.07) is 14.7. The zero-order valence-corrected chi connectivity index (χ0v) is 10.5. The quantitative estimate of drug-likeness (QED) is 0.565. The molecular weight excluding hydrogens is 240 g/mol. The first kappa shape index (κ1) is 13.1. The number of benzene rings is 2. The minimum Gasteiger partial charge on any atom is -0.489 e.